The van der Waals surface area contributed by atoms with E-state index in [0.717, 1.165) is 58.3 Å². The summed E-state index contributed by atoms with van der Waals surface area (Å²) < 4.78 is 3.12. The Balaban J connectivity index is 1.40. The zero-order valence-corrected chi connectivity index (χ0v) is 19.9. The Bertz CT molecular complexity index is 1640. The standard InChI is InChI=1S/C26H26N8O2/c1-33-25(35)21-23(28-26(33)36)27-24(18-7-3-2-4-8-18)34(21)15-16-11-13-17(14-12-16)19-9-5-6-10-20(19)22-29-31-32-30-22/h5-6,9-14,18H,2-4,7-8,15H2,1H3,(H,28,36)(H,29,30,31,32). The first kappa shape index (κ1) is 22.1. The van der Waals surface area contributed by atoms with Gasteiger partial charge in [-0.15, -0.1) is 5.10 Å². The van der Waals surface area contributed by atoms with Gasteiger partial charge in [0.2, 0.25) is 0 Å². The number of nitrogens with one attached hydrogen (secondary N) is 2. The molecule has 3 aromatic heterocycles. The number of aromatic amines is 2. The Morgan fingerprint density at radius 3 is 2.44 bits per heavy atom. The topological polar surface area (TPSA) is 127 Å². The van der Waals surface area contributed by atoms with Crippen molar-refractivity contribution in [1.82, 2.24) is 39.7 Å². The molecule has 2 aromatic carbocycles. The van der Waals surface area contributed by atoms with Crippen molar-refractivity contribution in [2.45, 2.75) is 44.6 Å². The summed E-state index contributed by atoms with van der Waals surface area (Å²) in [5.41, 5.74) is 4.07. The molecule has 182 valence electrons. The molecule has 1 fully saturated rings. The van der Waals surface area contributed by atoms with E-state index in [9.17, 15) is 9.59 Å². The molecule has 0 amide bonds. The fraction of sp³-hybridized carbons (Fsp3) is 0.308. The third kappa shape index (κ3) is 3.84. The predicted molar refractivity (Wildman–Crippen MR) is 136 cm³/mol. The van der Waals surface area contributed by atoms with Crippen molar-refractivity contribution in [1.29, 1.82) is 0 Å². The summed E-state index contributed by atoms with van der Waals surface area (Å²) in [6.07, 6.45) is 5.61. The van der Waals surface area contributed by atoms with Crippen LogP contribution in [0.25, 0.3) is 33.7 Å². The van der Waals surface area contributed by atoms with Crippen LogP contribution in [0.2, 0.25) is 0 Å². The van der Waals surface area contributed by atoms with E-state index in [-0.39, 0.29) is 11.5 Å². The summed E-state index contributed by atoms with van der Waals surface area (Å²) in [6.45, 7) is 0.498. The van der Waals surface area contributed by atoms with Gasteiger partial charge < -0.3 is 4.57 Å². The summed E-state index contributed by atoms with van der Waals surface area (Å²) in [6, 6.07) is 16.2. The van der Waals surface area contributed by atoms with Crippen LogP contribution in [-0.2, 0) is 13.6 Å². The normalized spacial score (nSPS) is 14.5. The van der Waals surface area contributed by atoms with Gasteiger partial charge in [-0.05, 0) is 40.0 Å². The highest BCUT2D eigenvalue weighted by atomic mass is 16.2. The average Bonchev–Trinajstić information content (AvgIpc) is 3.57. The van der Waals surface area contributed by atoms with Crippen LogP contribution in [-0.4, -0.2) is 39.7 Å². The molecule has 0 aliphatic heterocycles. The minimum Gasteiger partial charge on any atom is -0.317 e. The van der Waals surface area contributed by atoms with Gasteiger partial charge in [-0.1, -0.05) is 67.8 Å². The fourth-order valence-electron chi connectivity index (χ4n) is 5.23. The van der Waals surface area contributed by atoms with Crippen LogP contribution in [0.1, 0.15) is 49.4 Å². The van der Waals surface area contributed by atoms with E-state index in [2.05, 4.69) is 49.9 Å². The molecule has 10 heteroatoms. The van der Waals surface area contributed by atoms with Crippen molar-refractivity contribution >= 4 is 11.2 Å². The number of hydrogen-bond donors (Lipinski definition) is 2. The van der Waals surface area contributed by atoms with Gasteiger partial charge in [0.05, 0.1) is 0 Å². The molecule has 6 rings (SSSR count). The van der Waals surface area contributed by atoms with Crippen molar-refractivity contribution < 1.29 is 0 Å². The molecule has 0 radical (unpaired) electrons. The second-order valence-corrected chi connectivity index (χ2v) is 9.37. The first-order valence-electron chi connectivity index (χ1n) is 12.2. The molecule has 0 bridgehead atoms. The lowest BCUT2D eigenvalue weighted by Crippen LogP contribution is -2.33. The van der Waals surface area contributed by atoms with Crippen molar-refractivity contribution in [2.75, 3.05) is 0 Å². The molecule has 0 saturated heterocycles. The second kappa shape index (κ2) is 9.03. The third-order valence-corrected chi connectivity index (χ3v) is 7.14. The summed E-state index contributed by atoms with van der Waals surface area (Å²) >= 11 is 0. The van der Waals surface area contributed by atoms with Gasteiger partial charge in [-0.3, -0.25) is 14.3 Å². The maximum absolute atomic E-state index is 13.1. The van der Waals surface area contributed by atoms with Crippen molar-refractivity contribution in [3.63, 3.8) is 0 Å². The molecule has 0 unspecified atom stereocenters. The maximum atomic E-state index is 13.1. The highest BCUT2D eigenvalue weighted by molar-refractivity contribution is 5.80. The number of imidazole rings is 1. The van der Waals surface area contributed by atoms with Crippen LogP contribution in [0.4, 0.5) is 0 Å². The Kier molecular flexibility index (Phi) is 5.55. The lowest BCUT2D eigenvalue weighted by molar-refractivity contribution is 0.420. The van der Waals surface area contributed by atoms with E-state index < -0.39 is 5.69 Å². The number of benzene rings is 2. The predicted octanol–water partition coefficient (Wildman–Crippen LogP) is 3.37. The molecule has 3 heterocycles. The number of rotatable bonds is 5. The highest BCUT2D eigenvalue weighted by Crippen LogP contribution is 2.34. The van der Waals surface area contributed by atoms with Gasteiger partial charge in [0.25, 0.3) is 5.56 Å². The van der Waals surface area contributed by atoms with Gasteiger partial charge in [-0.2, -0.15) is 0 Å². The molecule has 0 spiro atoms. The molecular formula is C26H26N8O2. The summed E-state index contributed by atoms with van der Waals surface area (Å²) in [4.78, 5) is 32.9. The molecule has 1 aliphatic carbocycles. The van der Waals surface area contributed by atoms with E-state index in [4.69, 9.17) is 4.98 Å². The molecule has 2 N–H and O–H groups in total. The minimum atomic E-state index is -0.447. The minimum absolute atomic E-state index is 0.279. The zero-order chi connectivity index (χ0) is 24.6. The van der Waals surface area contributed by atoms with Crippen LogP contribution in [0, 0.1) is 0 Å². The molecule has 0 atom stereocenters. The first-order valence-corrected chi connectivity index (χ1v) is 12.2. The molecule has 5 aromatic rings. The number of H-pyrrole nitrogens is 2. The van der Waals surface area contributed by atoms with Crippen molar-refractivity contribution in [3.05, 3.63) is 80.8 Å². The number of fused-ring (bicyclic) bond motifs is 1. The van der Waals surface area contributed by atoms with Gasteiger partial charge in [0.15, 0.2) is 17.0 Å². The zero-order valence-electron chi connectivity index (χ0n) is 19.9. The van der Waals surface area contributed by atoms with E-state index in [0.29, 0.717) is 23.5 Å². The lowest BCUT2D eigenvalue weighted by atomic mass is 9.88. The number of tetrazole rings is 1. The van der Waals surface area contributed by atoms with Crippen molar-refractivity contribution in [2.24, 2.45) is 7.05 Å². The van der Waals surface area contributed by atoms with E-state index in [1.807, 2.05) is 28.8 Å². The Morgan fingerprint density at radius 2 is 1.72 bits per heavy atom. The quantitative estimate of drug-likeness (QED) is 0.395. The van der Waals surface area contributed by atoms with Crippen LogP contribution in [0.15, 0.2) is 58.1 Å². The SMILES string of the molecule is Cn1c(=O)[nH]c2nc(C3CCCCC3)n(Cc3ccc(-c4ccccc4-c4nnn[nH]4)cc3)c2c1=O. The van der Waals surface area contributed by atoms with Gasteiger partial charge in [-0.25, -0.2) is 14.9 Å². The van der Waals surface area contributed by atoms with Crippen LogP contribution >= 0.6 is 0 Å². The van der Waals surface area contributed by atoms with Crippen molar-refractivity contribution in [3.8, 4) is 22.5 Å². The fourth-order valence-corrected chi connectivity index (χ4v) is 5.23. The maximum Gasteiger partial charge on any atom is 0.329 e. The number of nitrogens with zero attached hydrogens (tertiary/aromatic N) is 6. The van der Waals surface area contributed by atoms with E-state index in [1.54, 1.807) is 0 Å². The molecule has 1 saturated carbocycles. The molecule has 1 aliphatic rings. The van der Waals surface area contributed by atoms with Crippen LogP contribution in [0.5, 0.6) is 0 Å². The molecule has 36 heavy (non-hydrogen) atoms. The third-order valence-electron chi connectivity index (χ3n) is 7.14. The Morgan fingerprint density at radius 1 is 0.972 bits per heavy atom. The molecule has 10 nitrogen and oxygen atoms in total. The monoisotopic (exact) mass is 482 g/mol. The smallest absolute Gasteiger partial charge is 0.317 e. The number of aromatic nitrogens is 8. The highest BCUT2D eigenvalue weighted by Gasteiger charge is 2.25. The summed E-state index contributed by atoms with van der Waals surface area (Å²) in [7, 11) is 1.49. The molecular weight excluding hydrogens is 456 g/mol. The summed E-state index contributed by atoms with van der Waals surface area (Å²) in [5, 5.41) is 14.3. The van der Waals surface area contributed by atoms with Crippen LogP contribution < -0.4 is 11.2 Å². The largest absolute Gasteiger partial charge is 0.329 e. The number of hydrogen-bond acceptors (Lipinski definition) is 6. The lowest BCUT2D eigenvalue weighted by Gasteiger charge is -2.22. The van der Waals surface area contributed by atoms with E-state index in [1.165, 1.54) is 13.5 Å². The van der Waals surface area contributed by atoms with E-state index >= 15 is 0 Å². The summed E-state index contributed by atoms with van der Waals surface area (Å²) in [5.74, 6) is 1.78. The van der Waals surface area contributed by atoms with Gasteiger partial charge >= 0.3 is 5.69 Å². The second-order valence-electron chi connectivity index (χ2n) is 9.37. The first-order chi connectivity index (χ1) is 17.6. The van der Waals surface area contributed by atoms with Gasteiger partial charge in [0, 0.05) is 25.1 Å². The Labute approximate surface area is 206 Å². The van der Waals surface area contributed by atoms with Gasteiger partial charge in [0.1, 0.15) is 5.82 Å². The van der Waals surface area contributed by atoms with Crippen LogP contribution in [0.3, 0.4) is 0 Å². The Hall–Kier alpha value is -4.34. The average molecular weight is 483 g/mol.